The van der Waals surface area contributed by atoms with Crippen molar-refractivity contribution in [3.63, 3.8) is 0 Å². The van der Waals surface area contributed by atoms with Crippen molar-refractivity contribution in [1.82, 2.24) is 15.0 Å². The Kier molecular flexibility index (Phi) is 5.69. The Bertz CT molecular complexity index is 605. The molecule has 0 spiro atoms. The highest BCUT2D eigenvalue weighted by Gasteiger charge is 2.16. The van der Waals surface area contributed by atoms with Gasteiger partial charge in [0.1, 0.15) is 0 Å². The van der Waals surface area contributed by atoms with Gasteiger partial charge < -0.3 is 14.7 Å². The number of piperazine rings is 1. The van der Waals surface area contributed by atoms with Crippen LogP contribution in [-0.4, -0.2) is 54.3 Å². The van der Waals surface area contributed by atoms with E-state index < -0.39 is 0 Å². The summed E-state index contributed by atoms with van der Waals surface area (Å²) >= 11 is 0. The Labute approximate surface area is 143 Å². The summed E-state index contributed by atoms with van der Waals surface area (Å²) in [7, 11) is 0. The third kappa shape index (κ3) is 4.47. The Morgan fingerprint density at radius 1 is 1.12 bits per heavy atom. The number of hydrogen-bond donors (Lipinski definition) is 1. The highest BCUT2D eigenvalue weighted by molar-refractivity contribution is 5.46. The molecule has 0 atom stereocenters. The molecule has 6 nitrogen and oxygen atoms in total. The van der Waals surface area contributed by atoms with Gasteiger partial charge in [-0.15, -0.1) is 0 Å². The molecule has 0 aliphatic carbocycles. The molecule has 1 N–H and O–H groups in total. The first-order chi connectivity index (χ1) is 11.7. The van der Waals surface area contributed by atoms with Crippen LogP contribution in [0.5, 0.6) is 0 Å². The molecular formula is C18H27N5O. The van der Waals surface area contributed by atoms with Gasteiger partial charge in [-0.05, 0) is 25.1 Å². The lowest BCUT2D eigenvalue weighted by atomic mass is 10.2. The van der Waals surface area contributed by atoms with E-state index in [1.165, 1.54) is 5.69 Å². The third-order valence-electron chi connectivity index (χ3n) is 4.38. The number of anilines is 2. The summed E-state index contributed by atoms with van der Waals surface area (Å²) in [5.41, 5.74) is 1.33. The molecule has 0 bridgehead atoms. The minimum Gasteiger partial charge on any atom is -0.369 e. The Hall–Kier alpha value is -2.08. The van der Waals surface area contributed by atoms with E-state index in [1.54, 1.807) is 0 Å². The van der Waals surface area contributed by atoms with Crippen molar-refractivity contribution in [2.75, 3.05) is 49.5 Å². The summed E-state index contributed by atoms with van der Waals surface area (Å²) in [5, 5.41) is 7.17. The lowest BCUT2D eigenvalue weighted by Gasteiger charge is -2.36. The Balaban J connectivity index is 1.33. The van der Waals surface area contributed by atoms with Gasteiger partial charge in [0, 0.05) is 44.3 Å². The molecule has 1 aromatic heterocycles. The molecule has 24 heavy (non-hydrogen) atoms. The van der Waals surface area contributed by atoms with Gasteiger partial charge in [0.05, 0.1) is 0 Å². The van der Waals surface area contributed by atoms with E-state index in [1.807, 2.05) is 0 Å². The molecule has 130 valence electrons. The van der Waals surface area contributed by atoms with Crippen molar-refractivity contribution < 1.29 is 4.52 Å². The molecule has 1 aliphatic heterocycles. The molecule has 0 unspecified atom stereocenters. The number of nitrogens with one attached hydrogen (secondary N) is 1. The van der Waals surface area contributed by atoms with Gasteiger partial charge in [-0.1, -0.05) is 37.2 Å². The standard InChI is InChI=1S/C18H27N5O/c1-15(2)17-20-18(24-21-17)19-9-6-10-22-11-13-23(14-12-22)16-7-4-3-5-8-16/h3-5,7-8,15H,6,9-14H2,1-2H3,(H,19,20,21). The van der Waals surface area contributed by atoms with Gasteiger partial charge in [-0.3, -0.25) is 4.90 Å². The van der Waals surface area contributed by atoms with Crippen LogP contribution in [0.2, 0.25) is 0 Å². The second kappa shape index (κ2) is 8.15. The zero-order valence-electron chi connectivity index (χ0n) is 14.6. The van der Waals surface area contributed by atoms with E-state index in [-0.39, 0.29) is 0 Å². The average molecular weight is 329 g/mol. The monoisotopic (exact) mass is 329 g/mol. The first-order valence-electron chi connectivity index (χ1n) is 8.82. The van der Waals surface area contributed by atoms with Crippen LogP contribution in [0.3, 0.4) is 0 Å². The number of benzene rings is 1. The maximum atomic E-state index is 5.19. The summed E-state index contributed by atoms with van der Waals surface area (Å²) < 4.78 is 5.19. The zero-order valence-corrected chi connectivity index (χ0v) is 14.6. The van der Waals surface area contributed by atoms with Gasteiger partial charge in [0.15, 0.2) is 5.82 Å². The van der Waals surface area contributed by atoms with Crippen molar-refractivity contribution in [3.05, 3.63) is 36.2 Å². The fraction of sp³-hybridized carbons (Fsp3) is 0.556. The van der Waals surface area contributed by atoms with Crippen molar-refractivity contribution in [1.29, 1.82) is 0 Å². The lowest BCUT2D eigenvalue weighted by Crippen LogP contribution is -2.46. The van der Waals surface area contributed by atoms with Gasteiger partial charge in [0.2, 0.25) is 0 Å². The fourth-order valence-electron chi connectivity index (χ4n) is 2.91. The second-order valence-electron chi connectivity index (χ2n) is 6.56. The van der Waals surface area contributed by atoms with Crippen molar-refractivity contribution in [2.24, 2.45) is 0 Å². The van der Waals surface area contributed by atoms with E-state index >= 15 is 0 Å². The average Bonchev–Trinajstić information content (AvgIpc) is 3.09. The zero-order chi connectivity index (χ0) is 16.8. The molecule has 2 heterocycles. The second-order valence-corrected chi connectivity index (χ2v) is 6.56. The maximum absolute atomic E-state index is 5.19. The molecule has 6 heteroatoms. The van der Waals surface area contributed by atoms with Crippen LogP contribution >= 0.6 is 0 Å². The van der Waals surface area contributed by atoms with E-state index in [0.29, 0.717) is 11.9 Å². The third-order valence-corrected chi connectivity index (χ3v) is 4.38. The predicted octanol–water partition coefficient (Wildman–Crippen LogP) is 2.82. The molecule has 1 saturated heterocycles. The maximum Gasteiger partial charge on any atom is 0.321 e. The van der Waals surface area contributed by atoms with Crippen LogP contribution in [0.25, 0.3) is 0 Å². The first kappa shape index (κ1) is 16.8. The number of hydrogen-bond acceptors (Lipinski definition) is 6. The molecule has 3 rings (SSSR count). The van der Waals surface area contributed by atoms with Gasteiger partial charge in [-0.25, -0.2) is 0 Å². The van der Waals surface area contributed by atoms with Crippen LogP contribution in [-0.2, 0) is 0 Å². The Morgan fingerprint density at radius 3 is 2.54 bits per heavy atom. The highest BCUT2D eigenvalue weighted by Crippen LogP contribution is 2.16. The van der Waals surface area contributed by atoms with Gasteiger partial charge in [0.25, 0.3) is 0 Å². The van der Waals surface area contributed by atoms with E-state index in [4.69, 9.17) is 4.52 Å². The summed E-state index contributed by atoms with van der Waals surface area (Å²) in [6, 6.07) is 11.2. The number of nitrogens with zero attached hydrogens (tertiary/aromatic N) is 4. The normalized spacial score (nSPS) is 15.9. The van der Waals surface area contributed by atoms with Crippen LogP contribution in [0.1, 0.15) is 32.0 Å². The summed E-state index contributed by atoms with van der Waals surface area (Å²) in [5.74, 6) is 1.06. The number of rotatable bonds is 7. The molecule has 0 saturated carbocycles. The summed E-state index contributed by atoms with van der Waals surface area (Å²) in [6.07, 6.45) is 1.07. The highest BCUT2D eigenvalue weighted by atomic mass is 16.5. The number of aromatic nitrogens is 2. The molecular weight excluding hydrogens is 302 g/mol. The Morgan fingerprint density at radius 2 is 1.88 bits per heavy atom. The summed E-state index contributed by atoms with van der Waals surface area (Å²) in [4.78, 5) is 9.31. The van der Waals surface area contributed by atoms with Crippen LogP contribution in [0.4, 0.5) is 11.7 Å². The van der Waals surface area contributed by atoms with Gasteiger partial charge >= 0.3 is 6.01 Å². The molecule has 1 aliphatic rings. The minimum atomic E-state index is 0.296. The fourth-order valence-corrected chi connectivity index (χ4v) is 2.91. The summed E-state index contributed by atoms with van der Waals surface area (Å²) in [6.45, 7) is 10.5. The largest absolute Gasteiger partial charge is 0.369 e. The van der Waals surface area contributed by atoms with Crippen LogP contribution < -0.4 is 10.2 Å². The van der Waals surface area contributed by atoms with E-state index in [2.05, 4.69) is 69.4 Å². The molecule has 1 aromatic carbocycles. The SMILES string of the molecule is CC(C)c1noc(NCCCN2CCN(c3ccccc3)CC2)n1. The first-order valence-corrected chi connectivity index (χ1v) is 8.82. The molecule has 2 aromatic rings. The number of para-hydroxylation sites is 1. The lowest BCUT2D eigenvalue weighted by molar-refractivity contribution is 0.257. The quantitative estimate of drug-likeness (QED) is 0.788. The van der Waals surface area contributed by atoms with Crippen molar-refractivity contribution >= 4 is 11.7 Å². The van der Waals surface area contributed by atoms with Crippen LogP contribution in [0.15, 0.2) is 34.9 Å². The minimum absolute atomic E-state index is 0.296. The van der Waals surface area contributed by atoms with Gasteiger partial charge in [-0.2, -0.15) is 4.98 Å². The van der Waals surface area contributed by atoms with E-state index in [9.17, 15) is 0 Å². The molecule has 1 fully saturated rings. The topological polar surface area (TPSA) is 57.4 Å². The van der Waals surface area contributed by atoms with Crippen molar-refractivity contribution in [2.45, 2.75) is 26.2 Å². The van der Waals surface area contributed by atoms with Crippen LogP contribution in [0, 0.1) is 0 Å². The smallest absolute Gasteiger partial charge is 0.321 e. The molecule has 0 radical (unpaired) electrons. The van der Waals surface area contributed by atoms with Crippen molar-refractivity contribution in [3.8, 4) is 0 Å². The molecule has 0 amide bonds. The van der Waals surface area contributed by atoms with E-state index in [0.717, 1.165) is 51.5 Å². The predicted molar refractivity (Wildman–Crippen MR) is 96.6 cm³/mol.